The zero-order valence-corrected chi connectivity index (χ0v) is 15.0. The second kappa shape index (κ2) is 7.24. The van der Waals surface area contributed by atoms with E-state index in [0.29, 0.717) is 12.3 Å². The number of amides is 1. The van der Waals surface area contributed by atoms with E-state index < -0.39 is 17.1 Å². The van der Waals surface area contributed by atoms with Crippen molar-refractivity contribution in [1.82, 2.24) is 0 Å². The topological polar surface area (TPSA) is 64.6 Å². The van der Waals surface area contributed by atoms with E-state index in [0.717, 1.165) is 31.2 Å². The number of rotatable bonds is 4. The van der Waals surface area contributed by atoms with Crippen molar-refractivity contribution in [2.24, 2.45) is 0 Å². The highest BCUT2D eigenvalue weighted by atomic mass is 16.6. The molecule has 1 amide bonds. The smallest absolute Gasteiger partial charge is 0.412 e. The van der Waals surface area contributed by atoms with E-state index in [4.69, 9.17) is 9.47 Å². The fourth-order valence-electron chi connectivity index (χ4n) is 3.15. The molecule has 0 aromatic heterocycles. The number of hydrogen-bond donors (Lipinski definition) is 1. The first-order chi connectivity index (χ1) is 11.3. The molecule has 1 saturated carbocycles. The van der Waals surface area contributed by atoms with Crippen LogP contribution >= 0.6 is 0 Å². The highest BCUT2D eigenvalue weighted by Crippen LogP contribution is 2.42. The van der Waals surface area contributed by atoms with Gasteiger partial charge >= 0.3 is 12.1 Å². The summed E-state index contributed by atoms with van der Waals surface area (Å²) in [6.07, 6.45) is 3.18. The Bertz CT molecular complexity index is 580. The lowest BCUT2D eigenvalue weighted by Gasteiger charge is -2.27. The summed E-state index contributed by atoms with van der Waals surface area (Å²) in [5.74, 6) is -0.143. The second-order valence-electron chi connectivity index (χ2n) is 7.21. The highest BCUT2D eigenvalue weighted by molar-refractivity contribution is 5.86. The standard InChI is InChI=1S/C19H27NO4/c1-5-23-16(21)19(12-6-7-13-19)14-8-10-15(11-9-14)20-17(22)24-18(2,3)4/h8-11H,5-7,12-13H2,1-4H3,(H,20,22). The molecule has 1 aliphatic rings. The fourth-order valence-corrected chi connectivity index (χ4v) is 3.15. The van der Waals surface area contributed by atoms with Crippen molar-refractivity contribution in [1.29, 1.82) is 0 Å². The van der Waals surface area contributed by atoms with Crippen LogP contribution in [0.15, 0.2) is 24.3 Å². The largest absolute Gasteiger partial charge is 0.465 e. The maximum Gasteiger partial charge on any atom is 0.412 e. The maximum atomic E-state index is 12.5. The van der Waals surface area contributed by atoms with Gasteiger partial charge in [-0.15, -0.1) is 0 Å². The predicted molar refractivity (Wildman–Crippen MR) is 93.1 cm³/mol. The van der Waals surface area contributed by atoms with Gasteiger partial charge in [-0.05, 0) is 58.2 Å². The van der Waals surface area contributed by atoms with Gasteiger partial charge in [0.05, 0.1) is 12.0 Å². The van der Waals surface area contributed by atoms with Crippen molar-refractivity contribution in [2.75, 3.05) is 11.9 Å². The van der Waals surface area contributed by atoms with E-state index in [-0.39, 0.29) is 5.97 Å². The van der Waals surface area contributed by atoms with Crippen molar-refractivity contribution in [3.05, 3.63) is 29.8 Å². The molecule has 5 nitrogen and oxygen atoms in total. The van der Waals surface area contributed by atoms with Gasteiger partial charge in [-0.1, -0.05) is 25.0 Å². The van der Waals surface area contributed by atoms with E-state index >= 15 is 0 Å². The summed E-state index contributed by atoms with van der Waals surface area (Å²) >= 11 is 0. The minimum Gasteiger partial charge on any atom is -0.465 e. The summed E-state index contributed by atoms with van der Waals surface area (Å²) in [6.45, 7) is 7.67. The van der Waals surface area contributed by atoms with E-state index in [1.807, 2.05) is 39.8 Å². The van der Waals surface area contributed by atoms with Gasteiger partial charge in [0.1, 0.15) is 5.60 Å². The van der Waals surface area contributed by atoms with Gasteiger partial charge in [0.2, 0.25) is 0 Å². The summed E-state index contributed by atoms with van der Waals surface area (Å²) in [7, 11) is 0. The maximum absolute atomic E-state index is 12.5. The van der Waals surface area contributed by atoms with E-state index in [1.54, 1.807) is 12.1 Å². The van der Waals surface area contributed by atoms with Gasteiger partial charge in [0.25, 0.3) is 0 Å². The Balaban J connectivity index is 2.12. The van der Waals surface area contributed by atoms with E-state index in [9.17, 15) is 9.59 Å². The minimum atomic E-state index is -0.541. The Morgan fingerprint density at radius 2 is 1.71 bits per heavy atom. The molecule has 1 aromatic carbocycles. The van der Waals surface area contributed by atoms with Crippen LogP contribution in [-0.2, 0) is 19.7 Å². The zero-order chi connectivity index (χ0) is 17.8. The molecule has 0 atom stereocenters. The molecule has 0 bridgehead atoms. The molecule has 1 aromatic rings. The Hall–Kier alpha value is -2.04. The average Bonchev–Trinajstić information content (AvgIpc) is 2.97. The quantitative estimate of drug-likeness (QED) is 0.829. The van der Waals surface area contributed by atoms with Gasteiger partial charge in [0, 0.05) is 5.69 Å². The van der Waals surface area contributed by atoms with E-state index in [1.165, 1.54) is 0 Å². The van der Waals surface area contributed by atoms with Crippen LogP contribution in [0.4, 0.5) is 10.5 Å². The van der Waals surface area contributed by atoms with Gasteiger partial charge in [-0.2, -0.15) is 0 Å². The molecule has 5 heteroatoms. The minimum absolute atomic E-state index is 0.143. The number of nitrogens with one attached hydrogen (secondary N) is 1. The number of carbonyl (C=O) groups excluding carboxylic acids is 2. The first-order valence-electron chi connectivity index (χ1n) is 8.54. The predicted octanol–water partition coefficient (Wildman–Crippen LogP) is 4.41. The molecule has 2 rings (SSSR count). The summed E-state index contributed by atoms with van der Waals surface area (Å²) in [6, 6.07) is 7.40. The van der Waals surface area contributed by atoms with Crippen LogP contribution in [0.5, 0.6) is 0 Å². The molecule has 24 heavy (non-hydrogen) atoms. The number of carbonyl (C=O) groups is 2. The summed E-state index contributed by atoms with van der Waals surface area (Å²) in [5, 5.41) is 2.71. The summed E-state index contributed by atoms with van der Waals surface area (Å²) < 4.78 is 10.5. The van der Waals surface area contributed by atoms with Gasteiger partial charge in [-0.3, -0.25) is 10.1 Å². The highest BCUT2D eigenvalue weighted by Gasteiger charge is 2.43. The van der Waals surface area contributed by atoms with Crippen LogP contribution < -0.4 is 5.32 Å². The van der Waals surface area contributed by atoms with Crippen LogP contribution in [0.1, 0.15) is 58.9 Å². The molecule has 0 heterocycles. The lowest BCUT2D eigenvalue weighted by atomic mass is 9.79. The van der Waals surface area contributed by atoms with Crippen molar-refractivity contribution in [3.8, 4) is 0 Å². The van der Waals surface area contributed by atoms with Crippen LogP contribution in [0, 0.1) is 0 Å². The second-order valence-corrected chi connectivity index (χ2v) is 7.21. The molecule has 132 valence electrons. The third-order valence-electron chi connectivity index (χ3n) is 4.21. The number of anilines is 1. The zero-order valence-electron chi connectivity index (χ0n) is 15.0. The monoisotopic (exact) mass is 333 g/mol. The van der Waals surface area contributed by atoms with Gasteiger partial charge < -0.3 is 9.47 Å². The van der Waals surface area contributed by atoms with Crippen molar-refractivity contribution in [3.63, 3.8) is 0 Å². The van der Waals surface area contributed by atoms with E-state index in [2.05, 4.69) is 5.32 Å². The molecule has 0 radical (unpaired) electrons. The number of ether oxygens (including phenoxy) is 2. The Kier molecular flexibility index (Phi) is 5.52. The molecule has 1 aliphatic carbocycles. The fraction of sp³-hybridized carbons (Fsp3) is 0.579. The number of hydrogen-bond acceptors (Lipinski definition) is 4. The van der Waals surface area contributed by atoms with Gasteiger partial charge in [-0.25, -0.2) is 4.79 Å². The molecular weight excluding hydrogens is 306 g/mol. The Labute approximate surface area is 143 Å². The molecule has 0 unspecified atom stereocenters. The Morgan fingerprint density at radius 1 is 1.12 bits per heavy atom. The summed E-state index contributed by atoms with van der Waals surface area (Å²) in [4.78, 5) is 24.3. The third kappa shape index (κ3) is 4.28. The lowest BCUT2D eigenvalue weighted by Crippen LogP contribution is -2.34. The SMILES string of the molecule is CCOC(=O)C1(c2ccc(NC(=O)OC(C)(C)C)cc2)CCCC1. The van der Waals surface area contributed by atoms with Crippen molar-refractivity contribution >= 4 is 17.7 Å². The molecule has 1 fully saturated rings. The lowest BCUT2D eigenvalue weighted by molar-refractivity contribution is -0.150. The third-order valence-corrected chi connectivity index (χ3v) is 4.21. The normalized spacial score (nSPS) is 16.5. The van der Waals surface area contributed by atoms with Gasteiger partial charge in [0.15, 0.2) is 0 Å². The molecule has 1 N–H and O–H groups in total. The van der Waals surface area contributed by atoms with Crippen LogP contribution in [0.3, 0.4) is 0 Å². The molecule has 0 saturated heterocycles. The van der Waals surface area contributed by atoms with Crippen LogP contribution in [-0.4, -0.2) is 24.3 Å². The number of esters is 1. The van der Waals surface area contributed by atoms with Crippen molar-refractivity contribution in [2.45, 2.75) is 64.4 Å². The van der Waals surface area contributed by atoms with Crippen LogP contribution in [0.25, 0.3) is 0 Å². The molecule has 0 spiro atoms. The molecular formula is C19H27NO4. The van der Waals surface area contributed by atoms with Crippen LogP contribution in [0.2, 0.25) is 0 Å². The first kappa shape index (κ1) is 18.3. The Morgan fingerprint density at radius 3 is 2.21 bits per heavy atom. The first-order valence-corrected chi connectivity index (χ1v) is 8.54. The average molecular weight is 333 g/mol. The summed E-state index contributed by atoms with van der Waals surface area (Å²) in [5.41, 5.74) is 0.514. The number of benzene rings is 1. The van der Waals surface area contributed by atoms with Crippen molar-refractivity contribution < 1.29 is 19.1 Å². The molecule has 0 aliphatic heterocycles.